The second-order valence-electron chi connectivity index (χ2n) is 3.26. The first-order chi connectivity index (χ1) is 6.16. The van der Waals surface area contributed by atoms with Crippen LogP contribution in [-0.4, -0.2) is 25.5 Å². The summed E-state index contributed by atoms with van der Waals surface area (Å²) in [5.74, 6) is 0.252. The maximum absolute atomic E-state index is 10.8. The van der Waals surface area contributed by atoms with E-state index >= 15 is 0 Å². The molecule has 0 aromatic carbocycles. The minimum Gasteiger partial charge on any atom is -0.464 e. The Balaban J connectivity index is 3.21. The van der Waals surface area contributed by atoms with E-state index in [2.05, 4.69) is 19.2 Å². The van der Waals surface area contributed by atoms with Gasteiger partial charge in [0.1, 0.15) is 6.54 Å². The van der Waals surface area contributed by atoms with Crippen LogP contribution >= 0.6 is 0 Å². The summed E-state index contributed by atoms with van der Waals surface area (Å²) < 4.78 is 4.83. The number of hydrogen-bond acceptors (Lipinski definition) is 3. The van der Waals surface area contributed by atoms with Gasteiger partial charge in [0.25, 0.3) is 0 Å². The van der Waals surface area contributed by atoms with Crippen molar-refractivity contribution in [2.75, 3.05) is 13.2 Å². The smallest absolute Gasteiger partial charge is 0.325 e. The van der Waals surface area contributed by atoms with Gasteiger partial charge in [-0.3, -0.25) is 9.59 Å². The Morgan fingerprint density at radius 1 is 1.54 bits per heavy atom. The zero-order chi connectivity index (χ0) is 10.1. The second-order valence-corrected chi connectivity index (χ2v) is 3.26. The monoisotopic (exact) mass is 187 g/mol. The maximum Gasteiger partial charge on any atom is 0.325 e. The fraction of sp³-hybridized carbons (Fsp3) is 0.778. The minimum atomic E-state index is -0.379. The van der Waals surface area contributed by atoms with Crippen LogP contribution in [0.15, 0.2) is 0 Å². The van der Waals surface area contributed by atoms with Gasteiger partial charge in [-0.05, 0) is 18.8 Å². The second kappa shape index (κ2) is 7.58. The summed E-state index contributed by atoms with van der Waals surface area (Å²) in [6, 6.07) is 0. The van der Waals surface area contributed by atoms with Gasteiger partial charge in [0.15, 0.2) is 0 Å². The van der Waals surface area contributed by atoms with E-state index in [4.69, 9.17) is 4.74 Å². The van der Waals surface area contributed by atoms with Crippen molar-refractivity contribution >= 4 is 12.4 Å². The lowest BCUT2D eigenvalue weighted by Gasteiger charge is -2.05. The Labute approximate surface area is 78.6 Å². The molecule has 0 atom stereocenters. The van der Waals surface area contributed by atoms with Crippen molar-refractivity contribution in [1.29, 1.82) is 0 Å². The first-order valence-electron chi connectivity index (χ1n) is 4.49. The average molecular weight is 187 g/mol. The molecule has 0 spiro atoms. The molecule has 4 nitrogen and oxygen atoms in total. The fourth-order valence-corrected chi connectivity index (χ4v) is 0.854. The molecule has 0 aliphatic rings. The number of carbonyl (C=O) groups excluding carboxylic acids is 2. The van der Waals surface area contributed by atoms with E-state index in [0.717, 1.165) is 12.8 Å². The van der Waals surface area contributed by atoms with Crippen molar-refractivity contribution in [3.05, 3.63) is 0 Å². The third-order valence-electron chi connectivity index (χ3n) is 1.52. The van der Waals surface area contributed by atoms with Crippen LogP contribution < -0.4 is 5.32 Å². The highest BCUT2D eigenvalue weighted by molar-refractivity contribution is 5.73. The van der Waals surface area contributed by atoms with Crippen molar-refractivity contribution in [2.45, 2.75) is 26.7 Å². The SMILES string of the molecule is CC(C)CCCOC(=O)CNC=O. The van der Waals surface area contributed by atoms with Crippen LogP contribution in [0.25, 0.3) is 0 Å². The van der Waals surface area contributed by atoms with Gasteiger partial charge in [0, 0.05) is 0 Å². The zero-order valence-electron chi connectivity index (χ0n) is 8.21. The number of nitrogens with one attached hydrogen (secondary N) is 1. The molecule has 0 radical (unpaired) electrons. The number of carbonyl (C=O) groups is 2. The lowest BCUT2D eigenvalue weighted by atomic mass is 10.1. The first kappa shape index (κ1) is 11.9. The van der Waals surface area contributed by atoms with Gasteiger partial charge in [-0.25, -0.2) is 0 Å². The summed E-state index contributed by atoms with van der Waals surface area (Å²) in [6.07, 6.45) is 2.41. The highest BCUT2D eigenvalue weighted by Crippen LogP contribution is 2.02. The molecule has 0 aliphatic carbocycles. The van der Waals surface area contributed by atoms with E-state index in [0.29, 0.717) is 18.9 Å². The summed E-state index contributed by atoms with van der Waals surface area (Å²) in [5.41, 5.74) is 0. The molecule has 1 amide bonds. The van der Waals surface area contributed by atoms with Crippen molar-refractivity contribution in [3.63, 3.8) is 0 Å². The van der Waals surface area contributed by atoms with E-state index < -0.39 is 0 Å². The molecule has 0 saturated heterocycles. The molecule has 0 bridgehead atoms. The molecule has 0 rings (SSSR count). The van der Waals surface area contributed by atoms with Crippen LogP contribution in [0.5, 0.6) is 0 Å². The summed E-state index contributed by atoms with van der Waals surface area (Å²) in [4.78, 5) is 20.6. The van der Waals surface area contributed by atoms with Crippen molar-refractivity contribution in [1.82, 2.24) is 5.32 Å². The summed E-state index contributed by atoms with van der Waals surface area (Å²) in [5, 5.41) is 2.24. The highest BCUT2D eigenvalue weighted by atomic mass is 16.5. The van der Waals surface area contributed by atoms with E-state index in [1.807, 2.05) is 0 Å². The first-order valence-corrected chi connectivity index (χ1v) is 4.49. The standard InChI is InChI=1S/C9H17NO3/c1-8(2)4-3-5-13-9(12)6-10-7-11/h7-8H,3-6H2,1-2H3,(H,10,11). The average Bonchev–Trinajstić information content (AvgIpc) is 2.08. The number of esters is 1. The Hall–Kier alpha value is -1.06. The Morgan fingerprint density at radius 3 is 2.77 bits per heavy atom. The largest absolute Gasteiger partial charge is 0.464 e. The molecule has 0 aromatic heterocycles. The van der Waals surface area contributed by atoms with Crippen LogP contribution in [0.1, 0.15) is 26.7 Å². The Bertz CT molecular complexity index is 157. The topological polar surface area (TPSA) is 55.4 Å². The minimum absolute atomic E-state index is 0.0365. The molecule has 0 aromatic rings. The van der Waals surface area contributed by atoms with Gasteiger partial charge in [-0.1, -0.05) is 13.8 Å². The number of ether oxygens (including phenoxy) is 1. The van der Waals surface area contributed by atoms with E-state index in [-0.39, 0.29) is 12.5 Å². The number of hydrogen-bond donors (Lipinski definition) is 1. The molecule has 0 saturated carbocycles. The van der Waals surface area contributed by atoms with E-state index in [1.54, 1.807) is 0 Å². The molecule has 0 aliphatic heterocycles. The molecule has 13 heavy (non-hydrogen) atoms. The normalized spacial score (nSPS) is 9.77. The lowest BCUT2D eigenvalue weighted by molar-refractivity contribution is -0.143. The predicted molar refractivity (Wildman–Crippen MR) is 49.1 cm³/mol. The third kappa shape index (κ3) is 8.85. The number of rotatable bonds is 7. The Morgan fingerprint density at radius 2 is 2.23 bits per heavy atom. The van der Waals surface area contributed by atoms with Crippen LogP contribution in [0.4, 0.5) is 0 Å². The fourth-order valence-electron chi connectivity index (χ4n) is 0.854. The summed E-state index contributed by atoms with van der Waals surface area (Å²) >= 11 is 0. The molecule has 1 N–H and O–H groups in total. The molecule has 0 heterocycles. The van der Waals surface area contributed by atoms with E-state index in [1.165, 1.54) is 0 Å². The third-order valence-corrected chi connectivity index (χ3v) is 1.52. The Kier molecular flexibility index (Phi) is 6.96. The molecular weight excluding hydrogens is 170 g/mol. The van der Waals surface area contributed by atoms with Gasteiger partial charge in [-0.15, -0.1) is 0 Å². The quantitative estimate of drug-likeness (QED) is 0.363. The van der Waals surface area contributed by atoms with Crippen molar-refractivity contribution in [3.8, 4) is 0 Å². The van der Waals surface area contributed by atoms with Gasteiger partial charge >= 0.3 is 5.97 Å². The maximum atomic E-state index is 10.8. The van der Waals surface area contributed by atoms with Crippen molar-refractivity contribution < 1.29 is 14.3 Å². The number of amides is 1. The van der Waals surface area contributed by atoms with Crippen LogP contribution in [0.2, 0.25) is 0 Å². The van der Waals surface area contributed by atoms with Gasteiger partial charge in [0.2, 0.25) is 6.41 Å². The molecule has 0 unspecified atom stereocenters. The van der Waals surface area contributed by atoms with Gasteiger partial charge < -0.3 is 10.1 Å². The van der Waals surface area contributed by atoms with Crippen LogP contribution in [0, 0.1) is 5.92 Å². The molecular formula is C9H17NO3. The summed E-state index contributed by atoms with van der Waals surface area (Å²) in [6.45, 7) is 4.65. The molecule has 76 valence electrons. The zero-order valence-corrected chi connectivity index (χ0v) is 8.21. The van der Waals surface area contributed by atoms with Crippen LogP contribution in [0.3, 0.4) is 0 Å². The molecule has 0 fully saturated rings. The van der Waals surface area contributed by atoms with Crippen LogP contribution in [-0.2, 0) is 14.3 Å². The predicted octanol–water partition coefficient (Wildman–Crippen LogP) is 0.712. The van der Waals surface area contributed by atoms with Gasteiger partial charge in [-0.2, -0.15) is 0 Å². The highest BCUT2D eigenvalue weighted by Gasteiger charge is 2.00. The van der Waals surface area contributed by atoms with E-state index in [9.17, 15) is 9.59 Å². The molecule has 4 heteroatoms. The van der Waals surface area contributed by atoms with Crippen molar-refractivity contribution in [2.24, 2.45) is 5.92 Å². The lowest BCUT2D eigenvalue weighted by Crippen LogP contribution is -2.23. The van der Waals surface area contributed by atoms with Gasteiger partial charge in [0.05, 0.1) is 6.61 Å². The summed E-state index contributed by atoms with van der Waals surface area (Å²) in [7, 11) is 0.